The van der Waals surface area contributed by atoms with E-state index in [-0.39, 0.29) is 17.9 Å². The van der Waals surface area contributed by atoms with Crippen molar-refractivity contribution in [2.24, 2.45) is 7.05 Å². The van der Waals surface area contributed by atoms with E-state index in [9.17, 15) is 13.6 Å². The summed E-state index contributed by atoms with van der Waals surface area (Å²) < 4.78 is 27.4. The minimum atomic E-state index is -0.639. The quantitative estimate of drug-likeness (QED) is 0.885. The minimum absolute atomic E-state index is 0.137. The van der Waals surface area contributed by atoms with Gasteiger partial charge in [0, 0.05) is 25.9 Å². The minimum Gasteiger partial charge on any atom is -0.396 e. The van der Waals surface area contributed by atoms with Crippen molar-refractivity contribution in [3.63, 3.8) is 0 Å². The number of nitrogen functional groups attached to an aromatic ring is 1. The highest BCUT2D eigenvalue weighted by Crippen LogP contribution is 2.09. The second-order valence-corrected chi connectivity index (χ2v) is 4.39. The fourth-order valence-corrected chi connectivity index (χ4v) is 1.84. The summed E-state index contributed by atoms with van der Waals surface area (Å²) >= 11 is 0. The number of rotatable bonds is 4. The van der Waals surface area contributed by atoms with Gasteiger partial charge in [-0.15, -0.1) is 0 Å². The number of nitrogens with one attached hydrogen (secondary N) is 1. The normalized spacial score (nSPS) is 10.6. The molecular weight excluding hydrogens is 266 g/mol. The number of nitrogens with two attached hydrogens (primary N) is 1. The summed E-state index contributed by atoms with van der Waals surface area (Å²) in [4.78, 5) is 11.8. The van der Waals surface area contributed by atoms with Crippen LogP contribution in [0.25, 0.3) is 0 Å². The Hall–Kier alpha value is -2.44. The van der Waals surface area contributed by atoms with Crippen LogP contribution < -0.4 is 11.1 Å². The summed E-state index contributed by atoms with van der Waals surface area (Å²) in [6.45, 7) is 0.234. The molecule has 0 atom stereocenters. The summed E-state index contributed by atoms with van der Waals surface area (Å²) in [6, 6.07) is 3.26. The molecule has 1 aromatic heterocycles. The zero-order valence-electron chi connectivity index (χ0n) is 10.9. The monoisotopic (exact) mass is 280 g/mol. The van der Waals surface area contributed by atoms with E-state index in [1.165, 1.54) is 23.0 Å². The van der Waals surface area contributed by atoms with E-state index in [1.807, 2.05) is 0 Å². The molecule has 7 heteroatoms. The molecule has 0 bridgehead atoms. The number of aryl methyl sites for hydroxylation is 1. The highest BCUT2D eigenvalue weighted by molar-refractivity contribution is 5.96. The van der Waals surface area contributed by atoms with Gasteiger partial charge in [-0.3, -0.25) is 9.48 Å². The van der Waals surface area contributed by atoms with E-state index in [2.05, 4.69) is 10.4 Å². The molecule has 0 unspecified atom stereocenters. The first-order valence-electron chi connectivity index (χ1n) is 5.98. The molecule has 1 amide bonds. The van der Waals surface area contributed by atoms with Crippen LogP contribution >= 0.6 is 0 Å². The predicted molar refractivity (Wildman–Crippen MR) is 70.0 cm³/mol. The van der Waals surface area contributed by atoms with Crippen molar-refractivity contribution in [3.8, 4) is 0 Å². The Morgan fingerprint density at radius 3 is 2.55 bits per heavy atom. The number of benzene rings is 1. The van der Waals surface area contributed by atoms with Crippen LogP contribution in [0.1, 0.15) is 16.1 Å². The SMILES string of the molecule is Cn1cc(N)c(C(=O)NCCc2cc(F)cc(F)c2)n1. The Bertz CT molecular complexity index is 619. The molecular formula is C13H14F2N4O. The maximum Gasteiger partial charge on any atom is 0.273 e. The van der Waals surface area contributed by atoms with Gasteiger partial charge in [0.15, 0.2) is 5.69 Å². The molecule has 2 aromatic rings. The molecule has 5 nitrogen and oxygen atoms in total. The van der Waals surface area contributed by atoms with Gasteiger partial charge >= 0.3 is 0 Å². The predicted octanol–water partition coefficient (Wildman–Crippen LogP) is 1.25. The number of amides is 1. The summed E-state index contributed by atoms with van der Waals surface area (Å²) in [5.74, 6) is -1.69. The number of nitrogens with zero attached hydrogens (tertiary/aromatic N) is 2. The lowest BCUT2D eigenvalue weighted by atomic mass is 10.1. The Labute approximate surface area is 114 Å². The third-order valence-corrected chi connectivity index (χ3v) is 2.69. The van der Waals surface area contributed by atoms with Gasteiger partial charge in [0.1, 0.15) is 11.6 Å². The van der Waals surface area contributed by atoms with Crippen LogP contribution in [0.5, 0.6) is 0 Å². The molecule has 20 heavy (non-hydrogen) atoms. The second kappa shape index (κ2) is 5.68. The first-order valence-corrected chi connectivity index (χ1v) is 5.98. The van der Waals surface area contributed by atoms with E-state index in [0.29, 0.717) is 12.0 Å². The zero-order valence-corrected chi connectivity index (χ0v) is 10.9. The van der Waals surface area contributed by atoms with Crippen molar-refractivity contribution in [1.82, 2.24) is 15.1 Å². The molecule has 0 fully saturated rings. The van der Waals surface area contributed by atoms with E-state index >= 15 is 0 Å². The highest BCUT2D eigenvalue weighted by Gasteiger charge is 2.13. The van der Waals surface area contributed by atoms with Crippen LogP contribution in [-0.4, -0.2) is 22.2 Å². The van der Waals surface area contributed by atoms with Crippen LogP contribution in [-0.2, 0) is 13.5 Å². The van der Waals surface area contributed by atoms with Gasteiger partial charge in [0.2, 0.25) is 0 Å². The fourth-order valence-electron chi connectivity index (χ4n) is 1.84. The summed E-state index contributed by atoms with van der Waals surface area (Å²) in [5.41, 5.74) is 6.51. The average Bonchev–Trinajstić information content (AvgIpc) is 2.67. The lowest BCUT2D eigenvalue weighted by molar-refractivity contribution is 0.0949. The Morgan fingerprint density at radius 1 is 1.35 bits per heavy atom. The molecule has 1 heterocycles. The Morgan fingerprint density at radius 2 is 2.00 bits per heavy atom. The van der Waals surface area contributed by atoms with Gasteiger partial charge in [-0.1, -0.05) is 0 Å². The van der Waals surface area contributed by atoms with Crippen LogP contribution in [0, 0.1) is 11.6 Å². The topological polar surface area (TPSA) is 72.9 Å². The second-order valence-electron chi connectivity index (χ2n) is 4.39. The van der Waals surface area contributed by atoms with Crippen molar-refractivity contribution in [3.05, 3.63) is 47.3 Å². The zero-order chi connectivity index (χ0) is 14.7. The molecule has 0 saturated carbocycles. The van der Waals surface area contributed by atoms with E-state index in [1.54, 1.807) is 7.05 Å². The number of aromatic nitrogens is 2. The summed E-state index contributed by atoms with van der Waals surface area (Å²) in [5, 5.41) is 6.52. The molecule has 106 valence electrons. The number of hydrogen-bond acceptors (Lipinski definition) is 3. The van der Waals surface area contributed by atoms with Gasteiger partial charge in [0.05, 0.1) is 5.69 Å². The van der Waals surface area contributed by atoms with Crippen LogP contribution in [0.2, 0.25) is 0 Å². The lowest BCUT2D eigenvalue weighted by Crippen LogP contribution is -2.27. The van der Waals surface area contributed by atoms with Gasteiger partial charge < -0.3 is 11.1 Å². The standard InChI is InChI=1S/C13H14F2N4O/c1-19-7-11(16)12(18-19)13(20)17-3-2-8-4-9(14)6-10(15)5-8/h4-7H,2-3,16H2,1H3,(H,17,20). The van der Waals surface area contributed by atoms with Crippen molar-refractivity contribution < 1.29 is 13.6 Å². The number of anilines is 1. The molecule has 0 spiro atoms. The average molecular weight is 280 g/mol. The molecule has 2 rings (SSSR count). The molecule has 0 aliphatic rings. The molecule has 1 aromatic carbocycles. The Kier molecular flexibility index (Phi) is 3.97. The van der Waals surface area contributed by atoms with Crippen LogP contribution in [0.15, 0.2) is 24.4 Å². The largest absolute Gasteiger partial charge is 0.396 e. The maximum atomic E-state index is 13.0. The number of carbonyl (C=O) groups excluding carboxylic acids is 1. The van der Waals surface area contributed by atoms with Gasteiger partial charge in [-0.25, -0.2) is 8.78 Å². The van der Waals surface area contributed by atoms with Crippen molar-refractivity contribution in [2.75, 3.05) is 12.3 Å². The summed E-state index contributed by atoms with van der Waals surface area (Å²) in [7, 11) is 1.66. The first kappa shape index (κ1) is 14.0. The van der Waals surface area contributed by atoms with Gasteiger partial charge in [-0.2, -0.15) is 5.10 Å². The van der Waals surface area contributed by atoms with Gasteiger partial charge in [0.25, 0.3) is 5.91 Å². The third kappa shape index (κ3) is 3.31. The number of halogens is 2. The first-order chi connectivity index (χ1) is 9.45. The lowest BCUT2D eigenvalue weighted by Gasteiger charge is -2.04. The Balaban J connectivity index is 1.92. The molecule has 0 radical (unpaired) electrons. The molecule has 0 aliphatic heterocycles. The maximum absolute atomic E-state index is 13.0. The number of hydrogen-bond donors (Lipinski definition) is 2. The fraction of sp³-hybridized carbons (Fsp3) is 0.231. The third-order valence-electron chi connectivity index (χ3n) is 2.69. The molecule has 0 saturated heterocycles. The van der Waals surface area contributed by atoms with Crippen LogP contribution in [0.4, 0.5) is 14.5 Å². The molecule has 3 N–H and O–H groups in total. The van der Waals surface area contributed by atoms with E-state index < -0.39 is 17.5 Å². The van der Waals surface area contributed by atoms with Gasteiger partial charge in [-0.05, 0) is 24.1 Å². The number of carbonyl (C=O) groups is 1. The molecule has 0 aliphatic carbocycles. The smallest absolute Gasteiger partial charge is 0.273 e. The summed E-state index contributed by atoms with van der Waals surface area (Å²) in [6.07, 6.45) is 1.84. The van der Waals surface area contributed by atoms with E-state index in [4.69, 9.17) is 5.73 Å². The van der Waals surface area contributed by atoms with Crippen molar-refractivity contribution >= 4 is 11.6 Å². The highest BCUT2D eigenvalue weighted by atomic mass is 19.1. The van der Waals surface area contributed by atoms with Crippen LogP contribution in [0.3, 0.4) is 0 Å². The van der Waals surface area contributed by atoms with E-state index in [0.717, 1.165) is 6.07 Å². The van der Waals surface area contributed by atoms with Crippen molar-refractivity contribution in [1.29, 1.82) is 0 Å². The van der Waals surface area contributed by atoms with Crippen molar-refractivity contribution in [2.45, 2.75) is 6.42 Å².